The van der Waals surface area contributed by atoms with E-state index in [9.17, 15) is 9.18 Å². The largest absolute Gasteiger partial charge is 0.463 e. The van der Waals surface area contributed by atoms with Crippen LogP contribution >= 0.6 is 11.6 Å². The van der Waals surface area contributed by atoms with Crippen molar-refractivity contribution in [2.24, 2.45) is 0 Å². The summed E-state index contributed by atoms with van der Waals surface area (Å²) in [4.78, 5) is 15.3. The number of hydrogen-bond donors (Lipinski definition) is 1. The predicted molar refractivity (Wildman–Crippen MR) is 82.3 cm³/mol. The normalized spacial score (nSPS) is 10.2. The fourth-order valence-electron chi connectivity index (χ4n) is 1.63. The molecule has 0 aliphatic carbocycles. The van der Waals surface area contributed by atoms with Crippen LogP contribution in [0.2, 0.25) is 5.02 Å². The molecular weight excluding hydrogens is 327 g/mol. The molecule has 0 fully saturated rings. The number of ether oxygens (including phenoxy) is 3. The molecule has 0 bridgehead atoms. The number of nitrogens with two attached hydrogens (primary N) is 1. The summed E-state index contributed by atoms with van der Waals surface area (Å²) >= 11 is 5.92. The van der Waals surface area contributed by atoms with Crippen LogP contribution in [-0.2, 0) is 9.53 Å². The van der Waals surface area contributed by atoms with Crippen molar-refractivity contribution in [3.63, 3.8) is 0 Å². The smallest absolute Gasteiger partial charge is 0.344 e. The number of esters is 1. The summed E-state index contributed by atoms with van der Waals surface area (Å²) in [6, 6.07) is 5.46. The lowest BCUT2D eigenvalue weighted by Crippen LogP contribution is -2.15. The topological polar surface area (TPSA) is 83.7 Å². The maximum Gasteiger partial charge on any atom is 0.344 e. The zero-order valence-electron chi connectivity index (χ0n) is 12.2. The number of nitrogens with zero attached hydrogens (tertiary/aromatic N) is 1. The average Bonchev–Trinajstić information content (AvgIpc) is 2.52. The standard InChI is InChI=1S/C15H14ClFN2O4/c1-2-21-14(20)8-22-15-12(4-3-5-19-15)23-13-7-11(18)10(17)6-9(13)16/h3-7H,2,8,18H2,1H3. The van der Waals surface area contributed by atoms with Crippen molar-refractivity contribution in [1.29, 1.82) is 0 Å². The number of anilines is 1. The van der Waals surface area contributed by atoms with Crippen LogP contribution in [0.4, 0.5) is 10.1 Å². The zero-order valence-corrected chi connectivity index (χ0v) is 13.0. The monoisotopic (exact) mass is 340 g/mol. The number of carbonyl (C=O) groups is 1. The molecule has 1 aromatic heterocycles. The van der Waals surface area contributed by atoms with E-state index in [4.69, 9.17) is 31.5 Å². The molecule has 0 unspecified atom stereocenters. The minimum Gasteiger partial charge on any atom is -0.463 e. The zero-order chi connectivity index (χ0) is 16.8. The minimum atomic E-state index is -0.646. The van der Waals surface area contributed by atoms with Crippen LogP contribution in [0.15, 0.2) is 30.5 Å². The Kier molecular flexibility index (Phi) is 5.59. The van der Waals surface area contributed by atoms with Crippen LogP contribution in [-0.4, -0.2) is 24.2 Å². The summed E-state index contributed by atoms with van der Waals surface area (Å²) < 4.78 is 28.9. The molecule has 8 heteroatoms. The van der Waals surface area contributed by atoms with Crippen molar-refractivity contribution in [3.05, 3.63) is 41.3 Å². The van der Waals surface area contributed by atoms with Crippen LogP contribution in [0, 0.1) is 5.82 Å². The van der Waals surface area contributed by atoms with E-state index in [0.717, 1.165) is 6.07 Å². The van der Waals surface area contributed by atoms with Gasteiger partial charge in [-0.25, -0.2) is 14.2 Å². The Hall–Kier alpha value is -2.54. The van der Waals surface area contributed by atoms with Gasteiger partial charge in [-0.2, -0.15) is 0 Å². The summed E-state index contributed by atoms with van der Waals surface area (Å²) in [6.07, 6.45) is 1.47. The van der Waals surface area contributed by atoms with Crippen molar-refractivity contribution < 1.29 is 23.4 Å². The number of benzene rings is 1. The van der Waals surface area contributed by atoms with Gasteiger partial charge in [0.15, 0.2) is 12.4 Å². The molecule has 0 aliphatic heterocycles. The van der Waals surface area contributed by atoms with Gasteiger partial charge in [-0.05, 0) is 25.1 Å². The van der Waals surface area contributed by atoms with E-state index in [0.29, 0.717) is 0 Å². The Morgan fingerprint density at radius 3 is 2.91 bits per heavy atom. The van der Waals surface area contributed by atoms with Gasteiger partial charge in [-0.1, -0.05) is 11.6 Å². The Morgan fingerprint density at radius 2 is 2.17 bits per heavy atom. The van der Waals surface area contributed by atoms with Crippen molar-refractivity contribution in [3.8, 4) is 17.4 Å². The summed E-state index contributed by atoms with van der Waals surface area (Å²) in [5.41, 5.74) is 5.38. The molecule has 0 amide bonds. The van der Waals surface area contributed by atoms with E-state index in [1.54, 1.807) is 19.1 Å². The number of nitrogen functional groups attached to an aromatic ring is 1. The SMILES string of the molecule is CCOC(=O)COc1ncccc1Oc1cc(N)c(F)cc1Cl. The van der Waals surface area contributed by atoms with Crippen LogP contribution < -0.4 is 15.2 Å². The molecule has 23 heavy (non-hydrogen) atoms. The number of pyridine rings is 1. The fraction of sp³-hybridized carbons (Fsp3) is 0.200. The molecule has 0 aliphatic rings. The van der Waals surface area contributed by atoms with E-state index in [-0.39, 0.29) is 41.3 Å². The Balaban J connectivity index is 2.17. The lowest BCUT2D eigenvalue weighted by Gasteiger charge is -2.12. The molecule has 122 valence electrons. The second-order valence-electron chi connectivity index (χ2n) is 4.31. The van der Waals surface area contributed by atoms with Crippen molar-refractivity contribution in [2.75, 3.05) is 18.9 Å². The molecule has 0 spiro atoms. The van der Waals surface area contributed by atoms with E-state index in [1.165, 1.54) is 12.3 Å². The number of aromatic nitrogens is 1. The first-order valence-electron chi connectivity index (χ1n) is 6.67. The molecule has 1 heterocycles. The van der Waals surface area contributed by atoms with Gasteiger partial charge in [0.1, 0.15) is 11.6 Å². The fourth-order valence-corrected chi connectivity index (χ4v) is 1.82. The van der Waals surface area contributed by atoms with Crippen LogP contribution in [0.25, 0.3) is 0 Å². The number of carbonyl (C=O) groups excluding carboxylic acids is 1. The van der Waals surface area contributed by atoms with Crippen molar-refractivity contribution >= 4 is 23.3 Å². The third-order valence-corrected chi connectivity index (χ3v) is 2.93. The lowest BCUT2D eigenvalue weighted by atomic mass is 10.3. The summed E-state index contributed by atoms with van der Waals surface area (Å²) in [7, 11) is 0. The van der Waals surface area contributed by atoms with E-state index >= 15 is 0 Å². The maximum atomic E-state index is 13.3. The highest BCUT2D eigenvalue weighted by Gasteiger charge is 2.14. The van der Waals surface area contributed by atoms with Gasteiger partial charge < -0.3 is 19.9 Å². The number of rotatable bonds is 6. The second kappa shape index (κ2) is 7.64. The first-order chi connectivity index (χ1) is 11.0. The molecule has 0 saturated carbocycles. The highest BCUT2D eigenvalue weighted by Crippen LogP contribution is 2.35. The average molecular weight is 341 g/mol. The van der Waals surface area contributed by atoms with E-state index < -0.39 is 11.8 Å². The van der Waals surface area contributed by atoms with Gasteiger partial charge in [0.25, 0.3) is 5.88 Å². The Labute approximate surface area is 136 Å². The first-order valence-corrected chi connectivity index (χ1v) is 7.05. The van der Waals surface area contributed by atoms with E-state index in [2.05, 4.69) is 4.98 Å². The third kappa shape index (κ3) is 4.46. The molecule has 2 N–H and O–H groups in total. The minimum absolute atomic E-state index is 0.0388. The molecule has 0 saturated heterocycles. The summed E-state index contributed by atoms with van der Waals surface area (Å²) in [5.74, 6) is -0.774. The molecular formula is C15H14ClFN2O4. The maximum absolute atomic E-state index is 13.3. The van der Waals surface area contributed by atoms with Crippen LogP contribution in [0.5, 0.6) is 17.4 Å². The van der Waals surface area contributed by atoms with Gasteiger partial charge in [0.05, 0.1) is 17.3 Å². The van der Waals surface area contributed by atoms with E-state index in [1.807, 2.05) is 0 Å². The molecule has 0 atom stereocenters. The molecule has 1 aromatic carbocycles. The third-order valence-electron chi connectivity index (χ3n) is 2.64. The van der Waals surface area contributed by atoms with Gasteiger partial charge in [-0.15, -0.1) is 0 Å². The highest BCUT2D eigenvalue weighted by molar-refractivity contribution is 6.32. The van der Waals surface area contributed by atoms with Crippen molar-refractivity contribution in [1.82, 2.24) is 4.98 Å². The van der Waals surface area contributed by atoms with Gasteiger partial charge in [0.2, 0.25) is 0 Å². The molecule has 0 radical (unpaired) electrons. The first kappa shape index (κ1) is 16.8. The highest BCUT2D eigenvalue weighted by atomic mass is 35.5. The van der Waals surface area contributed by atoms with Gasteiger partial charge in [-0.3, -0.25) is 0 Å². The molecule has 6 nitrogen and oxygen atoms in total. The van der Waals surface area contributed by atoms with Crippen LogP contribution in [0.1, 0.15) is 6.92 Å². The summed E-state index contributed by atoms with van der Waals surface area (Å²) in [6.45, 7) is 1.62. The Morgan fingerprint density at radius 1 is 1.39 bits per heavy atom. The van der Waals surface area contributed by atoms with Crippen LogP contribution in [0.3, 0.4) is 0 Å². The second-order valence-corrected chi connectivity index (χ2v) is 4.71. The quantitative estimate of drug-likeness (QED) is 0.642. The number of halogens is 2. The van der Waals surface area contributed by atoms with Gasteiger partial charge in [0, 0.05) is 12.3 Å². The van der Waals surface area contributed by atoms with Crippen molar-refractivity contribution in [2.45, 2.75) is 6.92 Å². The molecule has 2 rings (SSSR count). The lowest BCUT2D eigenvalue weighted by molar-refractivity contribution is -0.145. The predicted octanol–water partition coefficient (Wildman–Crippen LogP) is 3.19. The Bertz CT molecular complexity index is 712. The number of hydrogen-bond acceptors (Lipinski definition) is 6. The summed E-state index contributed by atoms with van der Waals surface area (Å²) in [5, 5.41) is 0.0388. The van der Waals surface area contributed by atoms with Gasteiger partial charge >= 0.3 is 5.97 Å². The molecule has 2 aromatic rings.